The molecule has 0 amide bonds. The van der Waals surface area contributed by atoms with Crippen LogP contribution in [-0.4, -0.2) is 22.7 Å². The number of nitrogens with one attached hydrogen (secondary N) is 1. The van der Waals surface area contributed by atoms with Crippen LogP contribution in [0.3, 0.4) is 0 Å². The number of aromatic nitrogens is 2. The summed E-state index contributed by atoms with van der Waals surface area (Å²) in [7, 11) is 0. The van der Waals surface area contributed by atoms with Gasteiger partial charge in [0.2, 0.25) is 5.89 Å². The zero-order valence-corrected chi connectivity index (χ0v) is 12.2. The van der Waals surface area contributed by atoms with Gasteiger partial charge in [-0.05, 0) is 24.8 Å². The predicted molar refractivity (Wildman–Crippen MR) is 71.6 cm³/mol. The Hall–Kier alpha value is -0.900. The minimum Gasteiger partial charge on any atom is -0.339 e. The average Bonchev–Trinajstić information content (AvgIpc) is 2.80. The van der Waals surface area contributed by atoms with E-state index in [2.05, 4.69) is 50.1 Å². The van der Waals surface area contributed by atoms with Crippen molar-refractivity contribution in [3.63, 3.8) is 0 Å². The minimum absolute atomic E-state index is 0.276. The third-order valence-corrected chi connectivity index (χ3v) is 4.18. The van der Waals surface area contributed by atoms with E-state index < -0.39 is 0 Å². The Labute approximate surface area is 110 Å². The lowest BCUT2D eigenvalue weighted by atomic mass is 9.99. The largest absolute Gasteiger partial charge is 0.339 e. The van der Waals surface area contributed by atoms with Crippen molar-refractivity contribution < 1.29 is 4.52 Å². The molecule has 0 saturated heterocycles. The predicted octanol–water partition coefficient (Wildman–Crippen LogP) is 3.07. The van der Waals surface area contributed by atoms with E-state index in [4.69, 9.17) is 4.52 Å². The molecule has 0 spiro atoms. The molecular formula is C14H25N3O. The first-order valence-corrected chi connectivity index (χ1v) is 7.06. The lowest BCUT2D eigenvalue weighted by Gasteiger charge is -2.20. The average molecular weight is 251 g/mol. The number of hydrogen-bond acceptors (Lipinski definition) is 4. The lowest BCUT2D eigenvalue weighted by molar-refractivity contribution is 0.319. The maximum absolute atomic E-state index is 5.45. The van der Waals surface area contributed by atoms with Crippen molar-refractivity contribution in [1.29, 1.82) is 0 Å². The smallest absolute Gasteiger partial charge is 0.231 e. The molecule has 1 heterocycles. The standard InChI is InChI=1S/C14H25N3O/c1-6-11(15-7-2)9(3)13-16-12(17-18-13)10-8-14(10,4)5/h9-11,15H,6-8H2,1-5H3. The molecule has 1 aliphatic carbocycles. The molecule has 0 radical (unpaired) electrons. The fourth-order valence-corrected chi connectivity index (χ4v) is 2.59. The van der Waals surface area contributed by atoms with E-state index in [0.717, 1.165) is 24.7 Å². The van der Waals surface area contributed by atoms with E-state index in [1.165, 1.54) is 6.42 Å². The quantitative estimate of drug-likeness (QED) is 0.844. The first-order valence-electron chi connectivity index (χ1n) is 7.06. The van der Waals surface area contributed by atoms with Gasteiger partial charge in [-0.1, -0.05) is 39.8 Å². The van der Waals surface area contributed by atoms with Gasteiger partial charge < -0.3 is 9.84 Å². The van der Waals surface area contributed by atoms with Crippen LogP contribution >= 0.6 is 0 Å². The van der Waals surface area contributed by atoms with Gasteiger partial charge in [0.25, 0.3) is 0 Å². The van der Waals surface area contributed by atoms with E-state index in [1.54, 1.807) is 0 Å². The van der Waals surface area contributed by atoms with Gasteiger partial charge in [-0.2, -0.15) is 4.98 Å². The monoisotopic (exact) mass is 251 g/mol. The molecule has 4 heteroatoms. The minimum atomic E-state index is 0.276. The summed E-state index contributed by atoms with van der Waals surface area (Å²) in [6.45, 7) is 12.0. The third kappa shape index (κ3) is 2.58. The normalized spacial score (nSPS) is 24.8. The molecule has 1 N–H and O–H groups in total. The molecule has 102 valence electrons. The summed E-state index contributed by atoms with van der Waals surface area (Å²) in [5.41, 5.74) is 0.357. The number of hydrogen-bond donors (Lipinski definition) is 1. The van der Waals surface area contributed by atoms with E-state index in [-0.39, 0.29) is 5.92 Å². The van der Waals surface area contributed by atoms with Crippen LogP contribution in [0.5, 0.6) is 0 Å². The summed E-state index contributed by atoms with van der Waals surface area (Å²) < 4.78 is 5.45. The topological polar surface area (TPSA) is 51.0 Å². The third-order valence-electron chi connectivity index (χ3n) is 4.18. The molecule has 1 aromatic heterocycles. The van der Waals surface area contributed by atoms with Gasteiger partial charge >= 0.3 is 0 Å². The molecule has 0 aromatic carbocycles. The molecule has 1 saturated carbocycles. The van der Waals surface area contributed by atoms with Gasteiger partial charge in [-0.3, -0.25) is 0 Å². The van der Waals surface area contributed by atoms with Gasteiger partial charge in [0.1, 0.15) is 0 Å². The lowest BCUT2D eigenvalue weighted by Crippen LogP contribution is -2.33. The van der Waals surface area contributed by atoms with Crippen molar-refractivity contribution in [2.45, 2.75) is 65.3 Å². The maximum Gasteiger partial charge on any atom is 0.231 e. The van der Waals surface area contributed by atoms with Crippen LogP contribution in [0.25, 0.3) is 0 Å². The van der Waals surface area contributed by atoms with Crippen LogP contribution in [0, 0.1) is 5.41 Å². The fourth-order valence-electron chi connectivity index (χ4n) is 2.59. The fraction of sp³-hybridized carbons (Fsp3) is 0.857. The molecule has 2 rings (SSSR count). The Morgan fingerprint density at radius 1 is 1.44 bits per heavy atom. The summed E-state index contributed by atoms with van der Waals surface area (Å²) in [6, 6.07) is 0.413. The maximum atomic E-state index is 5.45. The summed E-state index contributed by atoms with van der Waals surface area (Å²) in [4.78, 5) is 4.60. The van der Waals surface area contributed by atoms with Crippen LogP contribution in [0.1, 0.15) is 71.0 Å². The van der Waals surface area contributed by atoms with E-state index >= 15 is 0 Å². The van der Waals surface area contributed by atoms with Crippen LogP contribution in [0.15, 0.2) is 4.52 Å². The van der Waals surface area contributed by atoms with E-state index in [9.17, 15) is 0 Å². The molecule has 18 heavy (non-hydrogen) atoms. The van der Waals surface area contributed by atoms with Crippen molar-refractivity contribution in [1.82, 2.24) is 15.5 Å². The van der Waals surface area contributed by atoms with Gasteiger partial charge in [0, 0.05) is 12.0 Å². The second-order valence-electron chi connectivity index (χ2n) is 6.10. The highest BCUT2D eigenvalue weighted by atomic mass is 16.5. The molecule has 1 aliphatic rings. The molecule has 1 fully saturated rings. The van der Waals surface area contributed by atoms with Crippen LogP contribution in [0.4, 0.5) is 0 Å². The van der Waals surface area contributed by atoms with Gasteiger partial charge in [0.15, 0.2) is 5.82 Å². The zero-order valence-electron chi connectivity index (χ0n) is 12.2. The van der Waals surface area contributed by atoms with Gasteiger partial charge in [-0.15, -0.1) is 0 Å². The number of rotatable bonds is 6. The first kappa shape index (κ1) is 13.5. The van der Waals surface area contributed by atoms with Crippen molar-refractivity contribution in [3.05, 3.63) is 11.7 Å². The summed E-state index contributed by atoms with van der Waals surface area (Å²) >= 11 is 0. The highest BCUT2D eigenvalue weighted by molar-refractivity contribution is 5.15. The second kappa shape index (κ2) is 5.00. The van der Waals surface area contributed by atoms with Crippen LogP contribution < -0.4 is 5.32 Å². The second-order valence-corrected chi connectivity index (χ2v) is 6.10. The van der Waals surface area contributed by atoms with Crippen molar-refractivity contribution >= 4 is 0 Å². The molecule has 3 atom stereocenters. The highest BCUT2D eigenvalue weighted by Crippen LogP contribution is 2.57. The molecule has 0 aliphatic heterocycles. The number of nitrogens with zero attached hydrogens (tertiary/aromatic N) is 2. The molecule has 4 nitrogen and oxygen atoms in total. The first-order chi connectivity index (χ1) is 8.49. The molecule has 1 aromatic rings. The highest BCUT2D eigenvalue weighted by Gasteiger charge is 2.49. The Kier molecular flexibility index (Phi) is 3.76. The Bertz CT molecular complexity index is 399. The molecule has 3 unspecified atom stereocenters. The molecule has 0 bridgehead atoms. The van der Waals surface area contributed by atoms with E-state index in [1.807, 2.05) is 0 Å². The SMILES string of the molecule is CCNC(CC)C(C)c1nc(C2CC2(C)C)no1. The Morgan fingerprint density at radius 3 is 2.61 bits per heavy atom. The van der Waals surface area contributed by atoms with Crippen molar-refractivity contribution in [2.24, 2.45) is 5.41 Å². The van der Waals surface area contributed by atoms with Crippen LogP contribution in [0.2, 0.25) is 0 Å². The molecular weight excluding hydrogens is 226 g/mol. The Balaban J connectivity index is 2.05. The van der Waals surface area contributed by atoms with Gasteiger partial charge in [0.05, 0.1) is 5.92 Å². The van der Waals surface area contributed by atoms with Crippen molar-refractivity contribution in [2.75, 3.05) is 6.54 Å². The summed E-state index contributed by atoms with van der Waals surface area (Å²) in [5, 5.41) is 7.63. The van der Waals surface area contributed by atoms with E-state index in [0.29, 0.717) is 17.4 Å². The zero-order chi connectivity index (χ0) is 13.3. The van der Waals surface area contributed by atoms with Gasteiger partial charge in [-0.25, -0.2) is 0 Å². The Morgan fingerprint density at radius 2 is 2.11 bits per heavy atom. The summed E-state index contributed by atoms with van der Waals surface area (Å²) in [6.07, 6.45) is 2.24. The number of likely N-dealkylation sites (N-methyl/N-ethyl adjacent to an activating group) is 1. The van der Waals surface area contributed by atoms with Crippen molar-refractivity contribution in [3.8, 4) is 0 Å². The summed E-state index contributed by atoms with van der Waals surface area (Å²) in [5.74, 6) is 2.44. The van der Waals surface area contributed by atoms with Crippen LogP contribution in [-0.2, 0) is 0 Å².